The molecule has 4 rings (SSSR count). The van der Waals surface area contributed by atoms with Gasteiger partial charge >= 0.3 is 0 Å². The molecule has 1 atom stereocenters. The van der Waals surface area contributed by atoms with E-state index in [9.17, 15) is 4.79 Å². The number of aryl methyl sites for hydroxylation is 2. The van der Waals surface area contributed by atoms with Gasteiger partial charge in [-0.25, -0.2) is 4.98 Å². The van der Waals surface area contributed by atoms with Gasteiger partial charge in [-0.2, -0.15) is 0 Å². The molecule has 0 spiro atoms. The minimum atomic E-state index is -0.000728. The fourth-order valence-electron chi connectivity index (χ4n) is 3.54. The second-order valence-electron chi connectivity index (χ2n) is 7.12. The van der Waals surface area contributed by atoms with E-state index < -0.39 is 0 Å². The van der Waals surface area contributed by atoms with Crippen molar-refractivity contribution in [1.29, 1.82) is 0 Å². The Morgan fingerprint density at radius 2 is 2.07 bits per heavy atom. The van der Waals surface area contributed by atoms with Gasteiger partial charge in [-0.3, -0.25) is 9.89 Å². The number of para-hydroxylation sites is 1. The Kier molecular flexibility index (Phi) is 6.14. The molecule has 1 heterocycles. The number of ether oxygens (including phenoxy) is 1. The van der Waals surface area contributed by atoms with Crippen molar-refractivity contribution >= 4 is 17.7 Å². The van der Waals surface area contributed by atoms with E-state index in [1.807, 2.05) is 37.3 Å². The van der Waals surface area contributed by atoms with Crippen LogP contribution in [0, 0.1) is 6.92 Å². The summed E-state index contributed by atoms with van der Waals surface area (Å²) in [5.74, 6) is 1.75. The highest BCUT2D eigenvalue weighted by atomic mass is 32.2. The monoisotopic (exact) mass is 408 g/mol. The van der Waals surface area contributed by atoms with Gasteiger partial charge in [0, 0.05) is 0 Å². The number of aromatic nitrogens is 3. The van der Waals surface area contributed by atoms with Crippen molar-refractivity contribution in [2.75, 3.05) is 5.75 Å². The van der Waals surface area contributed by atoms with Crippen molar-refractivity contribution in [2.45, 2.75) is 44.0 Å². The highest BCUT2D eigenvalue weighted by Gasteiger charge is 2.21. The summed E-state index contributed by atoms with van der Waals surface area (Å²) in [6, 6.07) is 16.3. The van der Waals surface area contributed by atoms with E-state index in [0.717, 1.165) is 30.6 Å². The molecule has 1 aliphatic rings. The number of hydrogen-bond acceptors (Lipinski definition) is 5. The Bertz CT molecular complexity index is 988. The highest BCUT2D eigenvalue weighted by molar-refractivity contribution is 7.99. The van der Waals surface area contributed by atoms with Gasteiger partial charge in [0.15, 0.2) is 5.82 Å². The topological polar surface area (TPSA) is 79.9 Å². The molecular formula is C22H24N4O2S. The maximum atomic E-state index is 12.4. The predicted octanol–water partition coefficient (Wildman–Crippen LogP) is 3.98. The second-order valence-corrected chi connectivity index (χ2v) is 8.06. The van der Waals surface area contributed by atoms with Crippen molar-refractivity contribution in [3.63, 3.8) is 0 Å². The third kappa shape index (κ3) is 4.98. The van der Waals surface area contributed by atoms with Gasteiger partial charge in [-0.1, -0.05) is 54.2 Å². The maximum absolute atomic E-state index is 12.4. The molecule has 3 aromatic rings. The number of amides is 1. The fourth-order valence-corrected chi connectivity index (χ4v) is 4.17. The number of hydrogen-bond donors (Lipinski definition) is 2. The van der Waals surface area contributed by atoms with Crippen LogP contribution >= 0.6 is 11.8 Å². The number of fused-ring (bicyclic) bond motifs is 1. The molecule has 0 bridgehead atoms. The van der Waals surface area contributed by atoms with Gasteiger partial charge in [0.2, 0.25) is 11.1 Å². The lowest BCUT2D eigenvalue weighted by Gasteiger charge is -2.26. The average Bonchev–Trinajstić information content (AvgIpc) is 3.20. The van der Waals surface area contributed by atoms with Crippen LogP contribution in [0.4, 0.5) is 0 Å². The van der Waals surface area contributed by atoms with Crippen LogP contribution in [-0.2, 0) is 17.8 Å². The first-order valence-corrected chi connectivity index (χ1v) is 10.8. The quantitative estimate of drug-likeness (QED) is 0.578. The third-order valence-electron chi connectivity index (χ3n) is 5.01. The molecule has 150 valence electrons. The van der Waals surface area contributed by atoms with E-state index in [1.54, 1.807) is 0 Å². The van der Waals surface area contributed by atoms with Crippen molar-refractivity contribution in [1.82, 2.24) is 20.5 Å². The van der Waals surface area contributed by atoms with Gasteiger partial charge in [0.05, 0.1) is 11.8 Å². The lowest BCUT2D eigenvalue weighted by atomic mass is 9.88. The largest absolute Gasteiger partial charge is 0.485 e. The molecule has 0 fully saturated rings. The van der Waals surface area contributed by atoms with Crippen LogP contribution in [0.1, 0.15) is 41.4 Å². The number of benzene rings is 2. The number of thioether (sulfide) groups is 1. The molecule has 0 aliphatic heterocycles. The van der Waals surface area contributed by atoms with Crippen LogP contribution in [0.25, 0.3) is 0 Å². The number of aromatic amines is 1. The van der Waals surface area contributed by atoms with E-state index >= 15 is 0 Å². The predicted molar refractivity (Wildman–Crippen MR) is 113 cm³/mol. The SMILES string of the molecule is Cc1ccccc1OCc1nc(SCC(=O)N[C@@H]2CCCc3ccccc32)n[nH]1. The molecule has 0 unspecified atom stereocenters. The molecule has 1 aliphatic carbocycles. The Labute approximate surface area is 174 Å². The first-order chi connectivity index (χ1) is 14.2. The van der Waals surface area contributed by atoms with Gasteiger partial charge in [0.25, 0.3) is 0 Å². The normalized spacial score (nSPS) is 15.6. The summed E-state index contributed by atoms with van der Waals surface area (Å²) in [5, 5.41) is 10.8. The standard InChI is InChI=1S/C22H24N4O2S/c1-15-7-2-5-12-19(15)28-13-20-24-22(26-25-20)29-14-21(27)23-18-11-6-9-16-8-3-4-10-17(16)18/h2-5,7-8,10,12,18H,6,9,11,13-14H2,1H3,(H,23,27)(H,24,25,26)/t18-/m1/s1. The number of carbonyl (C=O) groups excluding carboxylic acids is 1. The minimum absolute atomic E-state index is 0.000728. The molecule has 0 saturated heterocycles. The van der Waals surface area contributed by atoms with Crippen molar-refractivity contribution < 1.29 is 9.53 Å². The average molecular weight is 409 g/mol. The van der Waals surface area contributed by atoms with Gasteiger partial charge in [-0.15, -0.1) is 5.10 Å². The zero-order valence-corrected chi connectivity index (χ0v) is 17.2. The number of nitrogens with zero attached hydrogens (tertiary/aromatic N) is 2. The lowest BCUT2D eigenvalue weighted by Crippen LogP contribution is -2.32. The fraction of sp³-hybridized carbons (Fsp3) is 0.318. The molecule has 2 aromatic carbocycles. The first-order valence-electron chi connectivity index (χ1n) is 9.79. The van der Waals surface area contributed by atoms with Crippen LogP contribution < -0.4 is 10.1 Å². The summed E-state index contributed by atoms with van der Waals surface area (Å²) in [6.07, 6.45) is 3.16. The van der Waals surface area contributed by atoms with E-state index in [2.05, 4.69) is 38.7 Å². The summed E-state index contributed by atoms with van der Waals surface area (Å²) in [4.78, 5) is 16.8. The minimum Gasteiger partial charge on any atom is -0.485 e. The molecule has 0 radical (unpaired) electrons. The molecule has 29 heavy (non-hydrogen) atoms. The lowest BCUT2D eigenvalue weighted by molar-refractivity contribution is -0.119. The first kappa shape index (κ1) is 19.5. The molecule has 7 heteroatoms. The van der Waals surface area contributed by atoms with Crippen molar-refractivity contribution in [3.05, 3.63) is 71.0 Å². The molecule has 1 amide bonds. The summed E-state index contributed by atoms with van der Waals surface area (Å²) in [5.41, 5.74) is 3.65. The second kappa shape index (κ2) is 9.13. The number of carbonyl (C=O) groups is 1. The Balaban J connectivity index is 1.27. The number of H-pyrrole nitrogens is 1. The van der Waals surface area contributed by atoms with Gasteiger partial charge < -0.3 is 10.1 Å². The van der Waals surface area contributed by atoms with Crippen LogP contribution in [-0.4, -0.2) is 26.8 Å². The third-order valence-corrected chi connectivity index (χ3v) is 5.85. The van der Waals surface area contributed by atoms with Crippen LogP contribution in [0.3, 0.4) is 0 Å². The summed E-state index contributed by atoms with van der Waals surface area (Å²) < 4.78 is 5.77. The molecule has 1 aromatic heterocycles. The number of rotatable bonds is 7. The smallest absolute Gasteiger partial charge is 0.230 e. The van der Waals surface area contributed by atoms with Gasteiger partial charge in [0.1, 0.15) is 12.4 Å². The molecule has 2 N–H and O–H groups in total. The molecule has 0 saturated carbocycles. The molecule has 6 nitrogen and oxygen atoms in total. The van der Waals surface area contributed by atoms with E-state index in [-0.39, 0.29) is 17.7 Å². The maximum Gasteiger partial charge on any atom is 0.230 e. The Morgan fingerprint density at radius 3 is 2.97 bits per heavy atom. The molecular weight excluding hydrogens is 384 g/mol. The summed E-state index contributed by atoms with van der Waals surface area (Å²) in [6.45, 7) is 2.31. The Hall–Kier alpha value is -2.80. The zero-order valence-electron chi connectivity index (χ0n) is 16.4. The van der Waals surface area contributed by atoms with Gasteiger partial charge in [-0.05, 0) is 48.9 Å². The highest BCUT2D eigenvalue weighted by Crippen LogP contribution is 2.29. The summed E-state index contributed by atoms with van der Waals surface area (Å²) >= 11 is 1.32. The van der Waals surface area contributed by atoms with Crippen molar-refractivity contribution in [3.8, 4) is 5.75 Å². The van der Waals surface area contributed by atoms with E-state index in [4.69, 9.17) is 4.74 Å². The summed E-state index contributed by atoms with van der Waals surface area (Å²) in [7, 11) is 0. The van der Waals surface area contributed by atoms with Crippen LogP contribution in [0.5, 0.6) is 5.75 Å². The van der Waals surface area contributed by atoms with Crippen LogP contribution in [0.15, 0.2) is 53.7 Å². The zero-order chi connectivity index (χ0) is 20.1. The van der Waals surface area contributed by atoms with Crippen molar-refractivity contribution in [2.24, 2.45) is 0 Å². The van der Waals surface area contributed by atoms with Crippen LogP contribution in [0.2, 0.25) is 0 Å². The Morgan fingerprint density at radius 1 is 1.24 bits per heavy atom. The number of nitrogens with one attached hydrogen (secondary N) is 2. The van der Waals surface area contributed by atoms with E-state index in [0.29, 0.717) is 17.6 Å². The van der Waals surface area contributed by atoms with E-state index in [1.165, 1.54) is 22.9 Å².